The van der Waals surface area contributed by atoms with Crippen LogP contribution < -0.4 is 5.73 Å². The highest BCUT2D eigenvalue weighted by Crippen LogP contribution is 2.67. The van der Waals surface area contributed by atoms with Crippen LogP contribution in [-0.4, -0.2) is 86.0 Å². The predicted molar refractivity (Wildman–Crippen MR) is 175 cm³/mol. The van der Waals surface area contributed by atoms with E-state index in [4.69, 9.17) is 5.73 Å². The normalized spacial score (nSPS) is 34.8. The van der Waals surface area contributed by atoms with Crippen molar-refractivity contribution in [2.45, 2.75) is 96.1 Å². The summed E-state index contributed by atoms with van der Waals surface area (Å²) in [6.45, 7) is 7.35. The number of carbonyl (C=O) groups is 3. The minimum absolute atomic E-state index is 0.0249. The number of benzene rings is 1. The number of likely N-dealkylation sites (N-methyl/N-ethyl adjacent to an activating group) is 1. The Labute approximate surface area is 288 Å². The van der Waals surface area contributed by atoms with Crippen molar-refractivity contribution < 1.29 is 48.0 Å². The number of rotatable bonds is 7. The number of Topliss-reactive ketones (excluding diaryl/α,β-unsaturated/α-hetero) is 2. The van der Waals surface area contributed by atoms with Crippen molar-refractivity contribution in [3.63, 3.8) is 0 Å². The largest absolute Gasteiger partial charge is 0.510 e. The first-order valence-electron chi connectivity index (χ1n) is 17.5. The van der Waals surface area contributed by atoms with Gasteiger partial charge in [0.1, 0.15) is 22.8 Å². The Morgan fingerprint density at radius 2 is 1.72 bits per heavy atom. The highest BCUT2D eigenvalue weighted by Gasteiger charge is 2.65. The number of amides is 1. The van der Waals surface area contributed by atoms with Gasteiger partial charge in [0, 0.05) is 30.6 Å². The number of phenols is 1. The second-order valence-electron chi connectivity index (χ2n) is 16.7. The third kappa shape index (κ3) is 4.67. The van der Waals surface area contributed by atoms with Crippen molar-refractivity contribution in [1.29, 1.82) is 0 Å². The summed E-state index contributed by atoms with van der Waals surface area (Å²) in [7, 11) is 2.98. The van der Waals surface area contributed by atoms with E-state index < -0.39 is 98.7 Å². The fraction of sp³-hybridized carbons (Fsp3) is 0.649. The number of aliphatic hydroxyl groups is 3. The molecule has 272 valence electrons. The van der Waals surface area contributed by atoms with Gasteiger partial charge in [-0.3, -0.25) is 24.2 Å². The van der Waals surface area contributed by atoms with E-state index >= 15 is 13.2 Å². The van der Waals surface area contributed by atoms with Crippen molar-refractivity contribution in [3.05, 3.63) is 51.0 Å². The van der Waals surface area contributed by atoms with Crippen molar-refractivity contribution >= 4 is 17.5 Å². The van der Waals surface area contributed by atoms with E-state index in [2.05, 4.69) is 25.7 Å². The fourth-order valence-electron chi connectivity index (χ4n) is 10.7. The van der Waals surface area contributed by atoms with Crippen LogP contribution in [0.1, 0.15) is 86.3 Å². The lowest BCUT2D eigenvalue weighted by molar-refractivity contribution is -0.148. The first kappa shape index (κ1) is 35.0. The summed E-state index contributed by atoms with van der Waals surface area (Å²) in [4.78, 5) is 43.5. The van der Waals surface area contributed by atoms with Gasteiger partial charge < -0.3 is 26.2 Å². The molecule has 13 heteroatoms. The topological polar surface area (TPSA) is 165 Å². The molecule has 0 aliphatic heterocycles. The van der Waals surface area contributed by atoms with Gasteiger partial charge in [-0.1, -0.05) is 20.8 Å². The average Bonchev–Trinajstić information content (AvgIpc) is 3.75. The number of fused-ring (bicyclic) bond motifs is 5. The number of hydrogen-bond donors (Lipinski definition) is 5. The molecule has 2 unspecified atom stereocenters. The van der Waals surface area contributed by atoms with Crippen LogP contribution in [0.3, 0.4) is 0 Å². The molecular weight excluding hydrogens is 655 g/mol. The zero-order valence-electron chi connectivity index (χ0n) is 29.0. The van der Waals surface area contributed by atoms with Crippen LogP contribution >= 0.6 is 0 Å². The summed E-state index contributed by atoms with van der Waals surface area (Å²) < 4.78 is 46.0. The number of phenolic OH excluding ortho intramolecular Hbond substituents is 1. The lowest BCUT2D eigenvalue weighted by atomic mass is 9.58. The second kappa shape index (κ2) is 11.0. The molecule has 1 amide bonds. The maximum absolute atomic E-state index is 15.3. The molecule has 1 aromatic rings. The van der Waals surface area contributed by atoms with Crippen molar-refractivity contribution in [2.24, 2.45) is 40.2 Å². The predicted octanol–water partition coefficient (Wildman–Crippen LogP) is 4.57. The molecule has 0 aromatic heterocycles. The smallest absolute Gasteiger partial charge is 0.417 e. The van der Waals surface area contributed by atoms with Gasteiger partial charge in [-0.25, -0.2) is 0 Å². The molecule has 3 fully saturated rings. The van der Waals surface area contributed by atoms with E-state index in [9.17, 15) is 34.8 Å². The lowest BCUT2D eigenvalue weighted by Crippen LogP contribution is -2.63. The third-order valence-electron chi connectivity index (χ3n) is 13.8. The molecule has 2 bridgehead atoms. The Balaban J connectivity index is 1.34. The Morgan fingerprint density at radius 1 is 1.06 bits per heavy atom. The quantitative estimate of drug-likeness (QED) is 0.256. The SMILES string of the molecule is CN(C)[C@@H]1C(O)=C(C(N)=O)C(=O)[C@@]2(O)C(O)=C3C(=O)c4c(O)cc(CN(CC5CC5)[C@H]5CC6CCC5(C)C6(C)C)c(C(F)(F)F)c4C[C@H]3C[C@@H]12. The number of halogens is 3. The molecule has 3 saturated carbocycles. The highest BCUT2D eigenvalue weighted by molar-refractivity contribution is 6.24. The number of aromatic hydroxyl groups is 1. The zero-order valence-corrected chi connectivity index (χ0v) is 29.0. The monoisotopic (exact) mass is 701 g/mol. The van der Waals surface area contributed by atoms with Crippen molar-refractivity contribution in [2.75, 3.05) is 20.6 Å². The molecular formula is C37H46F3N3O7. The third-order valence-corrected chi connectivity index (χ3v) is 13.8. The summed E-state index contributed by atoms with van der Waals surface area (Å²) in [5, 5.41) is 45.7. The number of nitrogens with zero attached hydrogens (tertiary/aromatic N) is 2. The van der Waals surface area contributed by atoms with E-state index in [1.165, 1.54) is 19.0 Å². The van der Waals surface area contributed by atoms with E-state index in [-0.39, 0.29) is 35.4 Å². The molecule has 0 saturated heterocycles. The molecule has 6 aliphatic rings. The minimum atomic E-state index is -4.90. The zero-order chi connectivity index (χ0) is 36.6. The summed E-state index contributed by atoms with van der Waals surface area (Å²) in [5.41, 5.74) is -1.15. The van der Waals surface area contributed by atoms with Crippen LogP contribution in [0.15, 0.2) is 28.7 Å². The van der Waals surface area contributed by atoms with Crippen molar-refractivity contribution in [1.82, 2.24) is 9.80 Å². The van der Waals surface area contributed by atoms with Crippen LogP contribution in [0.2, 0.25) is 0 Å². The minimum Gasteiger partial charge on any atom is -0.510 e. The lowest BCUT2D eigenvalue weighted by Gasteiger charge is -2.50. The number of carbonyl (C=O) groups excluding carboxylic acids is 3. The van der Waals surface area contributed by atoms with Crippen LogP contribution in [0.5, 0.6) is 5.75 Å². The van der Waals surface area contributed by atoms with Crippen LogP contribution in [0, 0.1) is 34.5 Å². The summed E-state index contributed by atoms with van der Waals surface area (Å²) in [5.74, 6) is -8.03. The van der Waals surface area contributed by atoms with Crippen LogP contribution in [0.4, 0.5) is 13.2 Å². The number of ketones is 2. The fourth-order valence-corrected chi connectivity index (χ4v) is 10.7. The summed E-state index contributed by atoms with van der Waals surface area (Å²) in [6.07, 6.45) is -0.635. The standard InChI is InChI=1S/C37H46F3N3O7/c1-34(2)19-8-9-35(34,3)23(13-19)43(14-16-6-7-16)15-18-12-22(44)25-20(27(18)37(38,39)40)10-17-11-21-28(42(4)5)30(46)26(33(41)49)32(48)36(21,50)31(47)24(17)29(25)45/h12,16-17,19,21,23,28,44,46-47,50H,6-11,13-15H2,1-5H3,(H2,41,49)/t17-,19?,21-,23-,28-,35?,36-/m0/s1. The number of primary amides is 1. The Bertz CT molecular complexity index is 1780. The van der Waals surface area contributed by atoms with E-state index in [1.807, 2.05) is 0 Å². The highest BCUT2D eigenvalue weighted by atomic mass is 19.4. The maximum atomic E-state index is 15.3. The van der Waals surface area contributed by atoms with Gasteiger partial charge in [-0.15, -0.1) is 0 Å². The number of hydrogen-bond acceptors (Lipinski definition) is 9. The van der Waals surface area contributed by atoms with Gasteiger partial charge in [-0.2, -0.15) is 13.2 Å². The van der Waals surface area contributed by atoms with Gasteiger partial charge in [-0.05, 0) is 105 Å². The Morgan fingerprint density at radius 3 is 2.24 bits per heavy atom. The van der Waals surface area contributed by atoms with Crippen molar-refractivity contribution in [3.8, 4) is 5.75 Å². The molecule has 10 nitrogen and oxygen atoms in total. The molecule has 6 aliphatic carbocycles. The van der Waals surface area contributed by atoms with Gasteiger partial charge in [0.05, 0.1) is 17.2 Å². The number of allylic oxidation sites excluding steroid dienone is 1. The summed E-state index contributed by atoms with van der Waals surface area (Å²) >= 11 is 0. The first-order chi connectivity index (χ1) is 23.2. The van der Waals surface area contributed by atoms with E-state index in [0.29, 0.717) is 18.4 Å². The molecule has 0 radical (unpaired) electrons. The second-order valence-corrected chi connectivity index (χ2v) is 16.7. The van der Waals surface area contributed by atoms with E-state index in [0.717, 1.165) is 38.2 Å². The molecule has 1 aromatic carbocycles. The average molecular weight is 702 g/mol. The van der Waals surface area contributed by atoms with Gasteiger partial charge in [0.15, 0.2) is 11.4 Å². The Hall–Kier alpha value is -3.42. The molecule has 6 N–H and O–H groups in total. The number of aliphatic hydroxyl groups excluding tert-OH is 2. The van der Waals surface area contributed by atoms with E-state index in [1.54, 1.807) is 0 Å². The number of nitrogens with two attached hydrogens (primary N) is 1. The maximum Gasteiger partial charge on any atom is 0.417 e. The summed E-state index contributed by atoms with van der Waals surface area (Å²) in [6, 6.07) is -0.179. The number of alkyl halides is 3. The first-order valence-corrected chi connectivity index (χ1v) is 17.5. The molecule has 50 heavy (non-hydrogen) atoms. The van der Waals surface area contributed by atoms with Gasteiger partial charge >= 0.3 is 6.18 Å². The van der Waals surface area contributed by atoms with Gasteiger partial charge in [0.2, 0.25) is 5.78 Å². The molecule has 0 spiro atoms. The molecule has 7 rings (SSSR count). The van der Waals surface area contributed by atoms with Gasteiger partial charge in [0.25, 0.3) is 5.91 Å². The Kier molecular flexibility index (Phi) is 7.73. The van der Waals surface area contributed by atoms with Crippen LogP contribution in [0.25, 0.3) is 0 Å². The molecule has 0 heterocycles. The van der Waals surface area contributed by atoms with Crippen LogP contribution in [-0.2, 0) is 28.7 Å². The molecule has 7 atom stereocenters.